The van der Waals surface area contributed by atoms with Gasteiger partial charge in [-0.05, 0) is 19.9 Å². The maximum absolute atomic E-state index is 11.1. The van der Waals surface area contributed by atoms with Gasteiger partial charge in [-0.2, -0.15) is 4.98 Å². The Morgan fingerprint density at radius 1 is 1.53 bits per heavy atom. The van der Waals surface area contributed by atoms with E-state index in [1.807, 2.05) is 0 Å². The summed E-state index contributed by atoms with van der Waals surface area (Å²) in [5, 5.41) is 6.27. The molecule has 0 spiro atoms. The average molecular weight is 258 g/mol. The second-order valence-electron chi connectivity index (χ2n) is 3.80. The number of rotatable bonds is 6. The lowest BCUT2D eigenvalue weighted by Gasteiger charge is -2.11. The molecule has 17 heavy (non-hydrogen) atoms. The van der Waals surface area contributed by atoms with Crippen molar-refractivity contribution in [2.75, 3.05) is 12.3 Å². The second-order valence-corrected chi connectivity index (χ2v) is 4.86. The van der Waals surface area contributed by atoms with Gasteiger partial charge in [0.2, 0.25) is 0 Å². The Kier molecular flexibility index (Phi) is 5.43. The first-order valence-electron chi connectivity index (χ1n) is 5.58. The van der Waals surface area contributed by atoms with Crippen LogP contribution >= 0.6 is 11.8 Å². The molecule has 2 N–H and O–H groups in total. The third kappa shape index (κ3) is 4.35. The molecule has 0 bridgehead atoms. The smallest absolute Gasteiger partial charge is 0.315 e. The number of thioether (sulfide) groups is 1. The number of aryl methyl sites for hydroxylation is 1. The number of hydrogen-bond donors (Lipinski definition) is 2. The molecule has 1 unspecified atom stereocenters. The van der Waals surface area contributed by atoms with Gasteiger partial charge in [-0.25, -0.2) is 0 Å². The predicted octanol–water partition coefficient (Wildman–Crippen LogP) is -0.0512. The van der Waals surface area contributed by atoms with Crippen LogP contribution in [-0.2, 0) is 7.05 Å². The summed E-state index contributed by atoms with van der Waals surface area (Å²) < 4.78 is 1.48. The SMILES string of the molecule is CCNC(C)CCSc1nc(=O)c(=O)[nH]n1C. The van der Waals surface area contributed by atoms with Crippen LogP contribution in [0, 0.1) is 0 Å². The van der Waals surface area contributed by atoms with Crippen LogP contribution < -0.4 is 16.4 Å². The summed E-state index contributed by atoms with van der Waals surface area (Å²) in [6.07, 6.45) is 0.980. The first kappa shape index (κ1) is 14.0. The van der Waals surface area contributed by atoms with Crippen LogP contribution in [-0.4, -0.2) is 33.1 Å². The average Bonchev–Trinajstić information content (AvgIpc) is 2.26. The van der Waals surface area contributed by atoms with Crippen LogP contribution in [0.2, 0.25) is 0 Å². The summed E-state index contributed by atoms with van der Waals surface area (Å²) in [6, 6.07) is 0.437. The molecule has 1 aromatic heterocycles. The Hall–Kier alpha value is -1.08. The summed E-state index contributed by atoms with van der Waals surface area (Å²) in [5.74, 6) is 0.848. The number of hydrogen-bond acceptors (Lipinski definition) is 5. The molecule has 0 radical (unpaired) electrons. The van der Waals surface area contributed by atoms with E-state index in [0.29, 0.717) is 11.2 Å². The predicted molar refractivity (Wildman–Crippen MR) is 68.6 cm³/mol. The molecular weight excluding hydrogens is 240 g/mol. The van der Waals surface area contributed by atoms with Gasteiger partial charge in [-0.3, -0.25) is 19.4 Å². The topological polar surface area (TPSA) is 79.8 Å². The van der Waals surface area contributed by atoms with Crippen molar-refractivity contribution in [2.24, 2.45) is 7.05 Å². The molecule has 7 heteroatoms. The molecule has 0 aliphatic carbocycles. The molecule has 1 atom stereocenters. The van der Waals surface area contributed by atoms with Crippen molar-refractivity contribution >= 4 is 11.8 Å². The molecule has 0 amide bonds. The van der Waals surface area contributed by atoms with Crippen molar-refractivity contribution in [3.63, 3.8) is 0 Å². The zero-order chi connectivity index (χ0) is 12.8. The minimum absolute atomic E-state index is 0.437. The Morgan fingerprint density at radius 3 is 2.88 bits per heavy atom. The van der Waals surface area contributed by atoms with Gasteiger partial charge in [0.15, 0.2) is 5.16 Å². The number of nitrogens with zero attached hydrogens (tertiary/aromatic N) is 2. The van der Waals surface area contributed by atoms with Gasteiger partial charge in [0.25, 0.3) is 0 Å². The number of nitrogens with one attached hydrogen (secondary N) is 2. The fourth-order valence-electron chi connectivity index (χ4n) is 1.37. The van der Waals surface area contributed by atoms with Gasteiger partial charge in [0, 0.05) is 18.8 Å². The van der Waals surface area contributed by atoms with Gasteiger partial charge in [0.1, 0.15) is 0 Å². The van der Waals surface area contributed by atoms with Crippen molar-refractivity contribution in [2.45, 2.75) is 31.5 Å². The quantitative estimate of drug-likeness (QED) is 0.552. The van der Waals surface area contributed by atoms with E-state index >= 15 is 0 Å². The first-order chi connectivity index (χ1) is 8.04. The summed E-state index contributed by atoms with van der Waals surface area (Å²) in [7, 11) is 1.67. The zero-order valence-corrected chi connectivity index (χ0v) is 11.1. The highest BCUT2D eigenvalue weighted by molar-refractivity contribution is 7.99. The van der Waals surface area contributed by atoms with E-state index in [1.165, 1.54) is 16.4 Å². The third-order valence-corrected chi connectivity index (χ3v) is 3.35. The van der Waals surface area contributed by atoms with Crippen molar-refractivity contribution in [1.82, 2.24) is 20.1 Å². The minimum Gasteiger partial charge on any atom is -0.315 e. The minimum atomic E-state index is -0.731. The van der Waals surface area contributed by atoms with E-state index in [-0.39, 0.29) is 0 Å². The largest absolute Gasteiger partial charge is 0.339 e. The summed E-state index contributed by atoms with van der Waals surface area (Å²) in [6.45, 7) is 5.13. The molecule has 0 aliphatic heterocycles. The second kappa shape index (κ2) is 6.61. The standard InChI is InChI=1S/C10H18N4O2S/c1-4-11-7(2)5-6-17-10-12-8(15)9(16)13-14(10)3/h7,11H,4-6H2,1-3H3,(H,13,16). The maximum atomic E-state index is 11.1. The number of aromatic amines is 1. The Balaban J connectivity index is 2.55. The molecule has 1 aromatic rings. The van der Waals surface area contributed by atoms with Crippen molar-refractivity contribution < 1.29 is 0 Å². The van der Waals surface area contributed by atoms with E-state index in [4.69, 9.17) is 0 Å². The van der Waals surface area contributed by atoms with E-state index in [0.717, 1.165) is 18.7 Å². The van der Waals surface area contributed by atoms with E-state index in [9.17, 15) is 9.59 Å². The fourth-order valence-corrected chi connectivity index (χ4v) is 2.41. The molecule has 0 fully saturated rings. The van der Waals surface area contributed by atoms with Crippen LogP contribution in [0.3, 0.4) is 0 Å². The van der Waals surface area contributed by atoms with Crippen molar-refractivity contribution in [3.8, 4) is 0 Å². The Labute approximate surface area is 104 Å². The summed E-state index contributed by atoms with van der Waals surface area (Å²) in [4.78, 5) is 25.8. The van der Waals surface area contributed by atoms with Crippen LogP contribution in [0.4, 0.5) is 0 Å². The molecule has 0 aromatic carbocycles. The van der Waals surface area contributed by atoms with Gasteiger partial charge in [-0.1, -0.05) is 18.7 Å². The molecule has 0 aliphatic rings. The summed E-state index contributed by atoms with van der Waals surface area (Å²) >= 11 is 1.47. The molecule has 96 valence electrons. The molecule has 0 saturated heterocycles. The number of H-pyrrole nitrogens is 1. The number of aromatic nitrogens is 3. The molecule has 6 nitrogen and oxygen atoms in total. The maximum Gasteiger partial charge on any atom is 0.339 e. The van der Waals surface area contributed by atoms with Gasteiger partial charge in [0.05, 0.1) is 0 Å². The van der Waals surface area contributed by atoms with E-state index in [2.05, 4.69) is 29.2 Å². The fraction of sp³-hybridized carbons (Fsp3) is 0.700. The van der Waals surface area contributed by atoms with Crippen molar-refractivity contribution in [1.29, 1.82) is 0 Å². The molecule has 0 saturated carbocycles. The lowest BCUT2D eigenvalue weighted by molar-refractivity contribution is 0.554. The highest BCUT2D eigenvalue weighted by Crippen LogP contribution is 2.13. The normalized spacial score (nSPS) is 12.6. The van der Waals surface area contributed by atoms with Gasteiger partial charge >= 0.3 is 11.1 Å². The van der Waals surface area contributed by atoms with Crippen molar-refractivity contribution in [3.05, 3.63) is 20.7 Å². The van der Waals surface area contributed by atoms with Crippen LogP contribution in [0.15, 0.2) is 14.7 Å². The van der Waals surface area contributed by atoms with E-state index < -0.39 is 11.1 Å². The lowest BCUT2D eigenvalue weighted by Crippen LogP contribution is -2.34. The summed E-state index contributed by atoms with van der Waals surface area (Å²) in [5.41, 5.74) is -1.41. The van der Waals surface area contributed by atoms with Gasteiger partial charge in [-0.15, -0.1) is 0 Å². The zero-order valence-electron chi connectivity index (χ0n) is 10.3. The Bertz CT molecular complexity index is 468. The highest BCUT2D eigenvalue weighted by atomic mass is 32.2. The third-order valence-electron chi connectivity index (χ3n) is 2.28. The van der Waals surface area contributed by atoms with Crippen LogP contribution in [0.1, 0.15) is 20.3 Å². The Morgan fingerprint density at radius 2 is 2.24 bits per heavy atom. The van der Waals surface area contributed by atoms with E-state index in [1.54, 1.807) is 7.05 Å². The highest BCUT2D eigenvalue weighted by Gasteiger charge is 2.05. The van der Waals surface area contributed by atoms with Crippen LogP contribution in [0.5, 0.6) is 0 Å². The van der Waals surface area contributed by atoms with Gasteiger partial charge < -0.3 is 5.32 Å². The molecule has 1 rings (SSSR count). The molecular formula is C10H18N4O2S. The monoisotopic (exact) mass is 258 g/mol. The first-order valence-corrected chi connectivity index (χ1v) is 6.56. The molecule has 1 heterocycles. The lowest BCUT2D eigenvalue weighted by atomic mass is 10.3. The van der Waals surface area contributed by atoms with Crippen LogP contribution in [0.25, 0.3) is 0 Å².